The van der Waals surface area contributed by atoms with Crippen molar-refractivity contribution in [1.29, 1.82) is 0 Å². The van der Waals surface area contributed by atoms with Gasteiger partial charge in [-0.05, 0) is 6.07 Å². The van der Waals surface area contributed by atoms with Gasteiger partial charge in [0.05, 0.1) is 12.5 Å². The van der Waals surface area contributed by atoms with Crippen LogP contribution in [0, 0.1) is 0 Å². The van der Waals surface area contributed by atoms with Crippen LogP contribution in [0.3, 0.4) is 0 Å². The topological polar surface area (TPSA) is 13.1 Å². The highest BCUT2D eigenvalue weighted by atomic mass is 35.5. The first-order valence-electron chi connectivity index (χ1n) is 2.11. The zero-order valence-electron chi connectivity index (χ0n) is 3.97. The van der Waals surface area contributed by atoms with Crippen LogP contribution in [0.4, 0.5) is 0 Å². The van der Waals surface area contributed by atoms with Gasteiger partial charge < -0.3 is 4.42 Å². The van der Waals surface area contributed by atoms with Crippen LogP contribution < -0.4 is 0 Å². The summed E-state index contributed by atoms with van der Waals surface area (Å²) in [6.07, 6.45) is 3.05. The van der Waals surface area contributed by atoms with Gasteiger partial charge in [0.15, 0.2) is 0 Å². The molecule has 0 saturated heterocycles. The van der Waals surface area contributed by atoms with E-state index in [4.69, 9.17) is 27.6 Å². The van der Waals surface area contributed by atoms with E-state index in [-0.39, 0.29) is 0 Å². The molecular weight excluding hydrogens is 147 g/mol. The van der Waals surface area contributed by atoms with Crippen molar-refractivity contribution < 1.29 is 4.42 Å². The summed E-state index contributed by atoms with van der Waals surface area (Å²) in [5.41, 5.74) is 0.799. The van der Waals surface area contributed by atoms with Gasteiger partial charge in [-0.2, -0.15) is 0 Å². The molecule has 0 fully saturated rings. The van der Waals surface area contributed by atoms with Crippen LogP contribution in [0.25, 0.3) is 0 Å². The van der Waals surface area contributed by atoms with Gasteiger partial charge in [0, 0.05) is 5.56 Å². The molecule has 1 aromatic rings. The van der Waals surface area contributed by atoms with Crippen LogP contribution in [0.2, 0.25) is 0 Å². The Labute approximate surface area is 57.2 Å². The van der Waals surface area contributed by atoms with Crippen LogP contribution >= 0.6 is 23.2 Å². The second-order valence-corrected chi connectivity index (χ2v) is 2.45. The normalized spacial score (nSPS) is 10.4. The molecule has 44 valence electrons. The maximum absolute atomic E-state index is 5.45. The molecule has 0 radical (unpaired) electrons. The maximum atomic E-state index is 5.45. The van der Waals surface area contributed by atoms with Crippen LogP contribution in [0.15, 0.2) is 23.0 Å². The number of furan rings is 1. The number of hydrogen-bond donors (Lipinski definition) is 0. The Morgan fingerprint density at radius 2 is 2.25 bits per heavy atom. The fourth-order valence-electron chi connectivity index (χ4n) is 0.399. The van der Waals surface area contributed by atoms with Crippen molar-refractivity contribution in [3.8, 4) is 0 Å². The fraction of sp³-hybridized carbons (Fsp3) is 0.200. The van der Waals surface area contributed by atoms with Crippen molar-refractivity contribution in [2.24, 2.45) is 0 Å². The second-order valence-electron chi connectivity index (χ2n) is 1.36. The molecular formula is C5H4Cl2O. The number of rotatable bonds is 1. The molecule has 0 spiro atoms. The fourth-order valence-corrected chi connectivity index (χ4v) is 0.648. The molecule has 0 unspecified atom stereocenters. The molecule has 0 bridgehead atoms. The zero-order chi connectivity index (χ0) is 5.98. The Balaban J connectivity index is 2.77. The lowest BCUT2D eigenvalue weighted by Crippen LogP contribution is -1.70. The Bertz CT molecular complexity index is 145. The molecule has 0 N–H and O–H groups in total. The van der Waals surface area contributed by atoms with Crippen molar-refractivity contribution in [2.75, 3.05) is 0 Å². The summed E-state index contributed by atoms with van der Waals surface area (Å²) >= 11 is 10.9. The summed E-state index contributed by atoms with van der Waals surface area (Å²) in [7, 11) is 0. The molecule has 1 rings (SSSR count). The molecule has 0 atom stereocenters. The van der Waals surface area contributed by atoms with Crippen molar-refractivity contribution >= 4 is 23.2 Å². The minimum atomic E-state index is -0.464. The van der Waals surface area contributed by atoms with Gasteiger partial charge in [-0.1, -0.05) is 23.2 Å². The van der Waals surface area contributed by atoms with Crippen molar-refractivity contribution in [2.45, 2.75) is 4.84 Å². The smallest absolute Gasteiger partial charge is 0.135 e. The molecule has 0 aromatic carbocycles. The lowest BCUT2D eigenvalue weighted by atomic mass is 10.4. The summed E-state index contributed by atoms with van der Waals surface area (Å²) in [5.74, 6) is 0. The van der Waals surface area contributed by atoms with E-state index in [1.807, 2.05) is 0 Å². The average molecular weight is 151 g/mol. The molecule has 0 aliphatic heterocycles. The molecule has 3 heteroatoms. The minimum absolute atomic E-state index is 0.464. The summed E-state index contributed by atoms with van der Waals surface area (Å²) < 4.78 is 4.71. The van der Waals surface area contributed by atoms with E-state index in [2.05, 4.69) is 0 Å². The predicted octanol–water partition coefficient (Wildman–Crippen LogP) is 2.76. The molecule has 0 saturated carbocycles. The number of halogens is 2. The van der Waals surface area contributed by atoms with Gasteiger partial charge in [0.2, 0.25) is 0 Å². The molecule has 1 nitrogen and oxygen atoms in total. The first kappa shape index (κ1) is 5.99. The van der Waals surface area contributed by atoms with E-state index in [0.29, 0.717) is 0 Å². The van der Waals surface area contributed by atoms with Gasteiger partial charge in [-0.3, -0.25) is 0 Å². The standard InChI is InChI=1S/C5H4Cl2O/c6-5(7)4-1-2-8-3-4/h1-3,5H. The average Bonchev–Trinajstić information content (AvgIpc) is 2.12. The second kappa shape index (κ2) is 2.42. The Kier molecular flexibility index (Phi) is 1.81. The molecule has 1 aromatic heterocycles. The Hall–Kier alpha value is -0.140. The van der Waals surface area contributed by atoms with Crippen LogP contribution in [-0.4, -0.2) is 0 Å². The Morgan fingerprint density at radius 1 is 1.50 bits per heavy atom. The van der Waals surface area contributed by atoms with Gasteiger partial charge >= 0.3 is 0 Å². The quantitative estimate of drug-likeness (QED) is 0.562. The van der Waals surface area contributed by atoms with Crippen molar-refractivity contribution in [1.82, 2.24) is 0 Å². The molecule has 1 heterocycles. The van der Waals surface area contributed by atoms with Gasteiger partial charge in [-0.15, -0.1) is 0 Å². The summed E-state index contributed by atoms with van der Waals surface area (Å²) in [4.78, 5) is -0.464. The van der Waals surface area contributed by atoms with Crippen LogP contribution in [0.1, 0.15) is 10.4 Å². The van der Waals surface area contributed by atoms with Crippen LogP contribution in [0.5, 0.6) is 0 Å². The van der Waals surface area contributed by atoms with E-state index in [0.717, 1.165) is 5.56 Å². The van der Waals surface area contributed by atoms with Gasteiger partial charge in [0.25, 0.3) is 0 Å². The summed E-state index contributed by atoms with van der Waals surface area (Å²) in [6.45, 7) is 0. The molecule has 0 amide bonds. The first-order valence-corrected chi connectivity index (χ1v) is 2.98. The third-order valence-corrected chi connectivity index (χ3v) is 1.30. The van der Waals surface area contributed by atoms with Crippen LogP contribution in [-0.2, 0) is 0 Å². The van der Waals surface area contributed by atoms with Gasteiger partial charge in [0.1, 0.15) is 4.84 Å². The number of hydrogen-bond acceptors (Lipinski definition) is 1. The SMILES string of the molecule is ClC(Cl)c1ccoc1. The largest absolute Gasteiger partial charge is 0.472 e. The number of alkyl halides is 2. The zero-order valence-corrected chi connectivity index (χ0v) is 5.49. The summed E-state index contributed by atoms with van der Waals surface area (Å²) in [5, 5.41) is 0. The summed E-state index contributed by atoms with van der Waals surface area (Å²) in [6, 6.07) is 1.73. The Morgan fingerprint density at radius 3 is 2.50 bits per heavy atom. The van der Waals surface area contributed by atoms with E-state index in [9.17, 15) is 0 Å². The minimum Gasteiger partial charge on any atom is -0.472 e. The third-order valence-electron chi connectivity index (χ3n) is 0.795. The monoisotopic (exact) mass is 150 g/mol. The highest BCUT2D eigenvalue weighted by molar-refractivity contribution is 6.44. The molecule has 0 aliphatic rings. The van der Waals surface area contributed by atoms with Gasteiger partial charge in [-0.25, -0.2) is 0 Å². The molecule has 0 aliphatic carbocycles. The van der Waals surface area contributed by atoms with E-state index >= 15 is 0 Å². The first-order chi connectivity index (χ1) is 3.80. The predicted molar refractivity (Wildman–Crippen MR) is 33.2 cm³/mol. The van der Waals surface area contributed by atoms with E-state index in [1.165, 1.54) is 12.5 Å². The third kappa shape index (κ3) is 1.17. The lowest BCUT2D eigenvalue weighted by Gasteiger charge is -1.89. The van der Waals surface area contributed by atoms with E-state index < -0.39 is 4.84 Å². The van der Waals surface area contributed by atoms with E-state index in [1.54, 1.807) is 6.07 Å². The van der Waals surface area contributed by atoms with Crippen molar-refractivity contribution in [3.63, 3.8) is 0 Å². The highest BCUT2D eigenvalue weighted by Crippen LogP contribution is 2.23. The lowest BCUT2D eigenvalue weighted by molar-refractivity contribution is 0.565. The highest BCUT2D eigenvalue weighted by Gasteiger charge is 2.01. The molecule has 8 heavy (non-hydrogen) atoms. The maximum Gasteiger partial charge on any atom is 0.135 e. The van der Waals surface area contributed by atoms with Crippen molar-refractivity contribution in [3.05, 3.63) is 24.2 Å².